The molecule has 1 unspecified atom stereocenters. The van der Waals surface area contributed by atoms with Gasteiger partial charge in [0.25, 0.3) is 0 Å². The minimum Gasteiger partial charge on any atom is -0.394 e. The molecular formula is C13H21NOS. The molecule has 1 aromatic rings. The smallest absolute Gasteiger partial charge is 0.0608 e. The summed E-state index contributed by atoms with van der Waals surface area (Å²) in [7, 11) is 0. The molecule has 16 heavy (non-hydrogen) atoms. The van der Waals surface area contributed by atoms with Crippen molar-refractivity contribution in [3.63, 3.8) is 0 Å². The third-order valence-corrected chi connectivity index (χ3v) is 3.87. The quantitative estimate of drug-likeness (QED) is 0.592. The maximum atomic E-state index is 9.02. The lowest BCUT2D eigenvalue weighted by Crippen LogP contribution is -2.40. The third kappa shape index (κ3) is 4.56. The lowest BCUT2D eigenvalue weighted by molar-refractivity contribution is 0.200. The molecule has 3 N–H and O–H groups in total. The van der Waals surface area contributed by atoms with E-state index in [1.807, 2.05) is 18.7 Å². The van der Waals surface area contributed by atoms with Gasteiger partial charge in [0.1, 0.15) is 0 Å². The highest BCUT2D eigenvalue weighted by molar-refractivity contribution is 7.99. The molecule has 0 saturated carbocycles. The van der Waals surface area contributed by atoms with Crippen LogP contribution in [0.1, 0.15) is 25.3 Å². The molecular weight excluding hydrogens is 218 g/mol. The van der Waals surface area contributed by atoms with Gasteiger partial charge in [-0.15, -0.1) is 11.8 Å². The largest absolute Gasteiger partial charge is 0.394 e. The SMILES string of the molecule is Cc1ccccc1SCCCC(C)(N)CO. The second kappa shape index (κ2) is 6.28. The summed E-state index contributed by atoms with van der Waals surface area (Å²) in [6.07, 6.45) is 1.90. The highest BCUT2D eigenvalue weighted by Crippen LogP contribution is 2.23. The minimum absolute atomic E-state index is 0.0576. The maximum absolute atomic E-state index is 9.02. The van der Waals surface area contributed by atoms with Crippen molar-refractivity contribution in [3.05, 3.63) is 29.8 Å². The van der Waals surface area contributed by atoms with Gasteiger partial charge in [-0.3, -0.25) is 0 Å². The number of aliphatic hydroxyl groups excluding tert-OH is 1. The first-order chi connectivity index (χ1) is 7.55. The average molecular weight is 239 g/mol. The number of nitrogens with two attached hydrogens (primary N) is 1. The maximum Gasteiger partial charge on any atom is 0.0608 e. The van der Waals surface area contributed by atoms with E-state index < -0.39 is 5.54 Å². The molecule has 0 fully saturated rings. The number of hydrogen-bond donors (Lipinski definition) is 2. The first kappa shape index (κ1) is 13.6. The summed E-state index contributed by atoms with van der Waals surface area (Å²) in [6.45, 7) is 4.08. The van der Waals surface area contributed by atoms with Crippen LogP contribution >= 0.6 is 11.8 Å². The zero-order valence-corrected chi connectivity index (χ0v) is 10.9. The molecule has 0 bridgehead atoms. The van der Waals surface area contributed by atoms with Crippen LogP contribution in [0, 0.1) is 6.92 Å². The Balaban J connectivity index is 2.29. The molecule has 0 amide bonds. The summed E-state index contributed by atoms with van der Waals surface area (Å²) in [5.41, 5.74) is 6.77. The zero-order valence-electron chi connectivity index (χ0n) is 10.1. The van der Waals surface area contributed by atoms with Crippen LogP contribution in [0.25, 0.3) is 0 Å². The summed E-state index contributed by atoms with van der Waals surface area (Å²) in [6, 6.07) is 8.40. The van der Waals surface area contributed by atoms with E-state index in [1.54, 1.807) is 0 Å². The van der Waals surface area contributed by atoms with E-state index in [1.165, 1.54) is 10.5 Å². The Morgan fingerprint density at radius 2 is 2.06 bits per heavy atom. The van der Waals surface area contributed by atoms with Crippen LogP contribution in [-0.2, 0) is 0 Å². The van der Waals surface area contributed by atoms with E-state index in [-0.39, 0.29) is 6.61 Å². The molecule has 0 spiro atoms. The van der Waals surface area contributed by atoms with Gasteiger partial charge in [-0.1, -0.05) is 18.2 Å². The first-order valence-electron chi connectivity index (χ1n) is 5.63. The van der Waals surface area contributed by atoms with Crippen molar-refractivity contribution in [1.82, 2.24) is 0 Å². The highest BCUT2D eigenvalue weighted by Gasteiger charge is 2.15. The Hall–Kier alpha value is -0.510. The monoisotopic (exact) mass is 239 g/mol. The Morgan fingerprint density at radius 1 is 1.38 bits per heavy atom. The lowest BCUT2D eigenvalue weighted by atomic mass is 9.99. The van der Waals surface area contributed by atoms with Crippen molar-refractivity contribution in [2.75, 3.05) is 12.4 Å². The molecule has 0 aliphatic carbocycles. The molecule has 1 atom stereocenters. The molecule has 1 aromatic carbocycles. The minimum atomic E-state index is -0.424. The molecule has 0 heterocycles. The van der Waals surface area contributed by atoms with Gasteiger partial charge in [0.05, 0.1) is 6.61 Å². The van der Waals surface area contributed by atoms with E-state index in [4.69, 9.17) is 10.8 Å². The predicted octanol–water partition coefficient (Wildman–Crippen LogP) is 2.58. The van der Waals surface area contributed by atoms with Crippen molar-refractivity contribution in [3.8, 4) is 0 Å². The molecule has 90 valence electrons. The van der Waals surface area contributed by atoms with Crippen LogP contribution in [-0.4, -0.2) is 23.0 Å². The van der Waals surface area contributed by atoms with Crippen LogP contribution in [0.4, 0.5) is 0 Å². The molecule has 0 aliphatic heterocycles. The van der Waals surface area contributed by atoms with E-state index in [0.29, 0.717) is 0 Å². The summed E-state index contributed by atoms with van der Waals surface area (Å²) in [5.74, 6) is 1.05. The number of aliphatic hydroxyl groups is 1. The number of thioether (sulfide) groups is 1. The van der Waals surface area contributed by atoms with E-state index in [2.05, 4.69) is 31.2 Å². The van der Waals surface area contributed by atoms with Gasteiger partial charge in [-0.25, -0.2) is 0 Å². The molecule has 0 aromatic heterocycles. The Labute approximate surface area is 102 Å². The van der Waals surface area contributed by atoms with Crippen LogP contribution < -0.4 is 5.73 Å². The van der Waals surface area contributed by atoms with E-state index in [9.17, 15) is 0 Å². The predicted molar refractivity (Wildman–Crippen MR) is 70.8 cm³/mol. The third-order valence-electron chi connectivity index (χ3n) is 2.60. The van der Waals surface area contributed by atoms with Gasteiger partial charge in [0.15, 0.2) is 0 Å². The molecule has 3 heteroatoms. The number of hydrogen-bond acceptors (Lipinski definition) is 3. The Morgan fingerprint density at radius 3 is 2.69 bits per heavy atom. The fraction of sp³-hybridized carbons (Fsp3) is 0.538. The fourth-order valence-electron chi connectivity index (χ4n) is 1.46. The zero-order chi connectivity index (χ0) is 12.0. The van der Waals surface area contributed by atoms with Gasteiger partial charge in [0, 0.05) is 10.4 Å². The summed E-state index contributed by atoms with van der Waals surface area (Å²) < 4.78 is 0. The van der Waals surface area contributed by atoms with Crippen molar-refractivity contribution >= 4 is 11.8 Å². The molecule has 0 radical (unpaired) electrons. The first-order valence-corrected chi connectivity index (χ1v) is 6.62. The molecule has 0 saturated heterocycles. The fourth-order valence-corrected chi connectivity index (χ4v) is 2.43. The van der Waals surface area contributed by atoms with Crippen molar-refractivity contribution in [2.45, 2.75) is 37.1 Å². The second-order valence-corrected chi connectivity index (χ2v) is 5.67. The Bertz CT molecular complexity index is 325. The van der Waals surface area contributed by atoms with Crippen molar-refractivity contribution in [1.29, 1.82) is 0 Å². The second-order valence-electron chi connectivity index (χ2n) is 4.53. The summed E-state index contributed by atoms with van der Waals surface area (Å²) in [5, 5.41) is 9.02. The van der Waals surface area contributed by atoms with Gasteiger partial charge >= 0.3 is 0 Å². The average Bonchev–Trinajstić information content (AvgIpc) is 2.27. The molecule has 1 rings (SSSR count). The molecule has 0 aliphatic rings. The van der Waals surface area contributed by atoms with E-state index >= 15 is 0 Å². The van der Waals surface area contributed by atoms with Crippen LogP contribution in [0.2, 0.25) is 0 Å². The van der Waals surface area contributed by atoms with E-state index in [0.717, 1.165) is 18.6 Å². The van der Waals surface area contributed by atoms with Crippen LogP contribution in [0.3, 0.4) is 0 Å². The summed E-state index contributed by atoms with van der Waals surface area (Å²) in [4.78, 5) is 1.34. The number of benzene rings is 1. The van der Waals surface area contributed by atoms with Crippen molar-refractivity contribution in [2.24, 2.45) is 5.73 Å². The lowest BCUT2D eigenvalue weighted by Gasteiger charge is -2.21. The highest BCUT2D eigenvalue weighted by atomic mass is 32.2. The summed E-state index contributed by atoms with van der Waals surface area (Å²) >= 11 is 1.86. The standard InChI is InChI=1S/C13H21NOS/c1-11-6-3-4-7-12(11)16-9-5-8-13(2,14)10-15/h3-4,6-7,15H,5,8-10,14H2,1-2H3. The topological polar surface area (TPSA) is 46.2 Å². The van der Waals surface area contributed by atoms with Crippen molar-refractivity contribution < 1.29 is 5.11 Å². The van der Waals surface area contributed by atoms with Gasteiger partial charge < -0.3 is 10.8 Å². The Kier molecular flexibility index (Phi) is 5.32. The normalized spacial score (nSPS) is 14.8. The van der Waals surface area contributed by atoms with Crippen LogP contribution in [0.15, 0.2) is 29.2 Å². The van der Waals surface area contributed by atoms with Gasteiger partial charge in [-0.2, -0.15) is 0 Å². The number of rotatable bonds is 6. The number of aryl methyl sites for hydroxylation is 1. The van der Waals surface area contributed by atoms with Gasteiger partial charge in [0.2, 0.25) is 0 Å². The van der Waals surface area contributed by atoms with Gasteiger partial charge in [-0.05, 0) is 44.1 Å². The van der Waals surface area contributed by atoms with Crippen LogP contribution in [0.5, 0.6) is 0 Å². The molecule has 2 nitrogen and oxygen atoms in total.